The molecule has 0 aliphatic carbocycles. The Morgan fingerprint density at radius 2 is 1.50 bits per heavy atom. The number of rotatable bonds is 2. The smallest absolute Gasteiger partial charge is 0.289 e. The van der Waals surface area contributed by atoms with Crippen LogP contribution in [0.1, 0.15) is 0 Å². The van der Waals surface area contributed by atoms with E-state index in [1.807, 2.05) is 0 Å². The Kier molecular flexibility index (Phi) is 8.00. The van der Waals surface area contributed by atoms with Crippen molar-refractivity contribution in [1.29, 1.82) is 5.41 Å². The largest absolute Gasteiger partial charge is 1.00 e. The predicted octanol–water partition coefficient (Wildman–Crippen LogP) is -1.19. The molecule has 0 unspecified atom stereocenters. The molecule has 2 aromatic rings. The van der Waals surface area contributed by atoms with Crippen LogP contribution in [0, 0.1) is 11.5 Å². The summed E-state index contributed by atoms with van der Waals surface area (Å²) < 4.78 is 61.5. The Balaban J connectivity index is 0.00000102. The van der Waals surface area contributed by atoms with Crippen molar-refractivity contribution in [3.63, 3.8) is 0 Å². The summed E-state index contributed by atoms with van der Waals surface area (Å²) in [6, 6.07) is 8.38. The van der Waals surface area contributed by atoms with E-state index in [-0.39, 0.29) is 39.8 Å². The van der Waals surface area contributed by atoms with E-state index >= 15 is 0 Å². The Morgan fingerprint density at radius 3 is 1.95 bits per heavy atom. The summed E-state index contributed by atoms with van der Waals surface area (Å²) in [4.78, 5) is -0.765. The summed E-state index contributed by atoms with van der Waals surface area (Å²) in [7, 11) is -8.75. The maximum atomic E-state index is 10.9. The van der Waals surface area contributed by atoms with Gasteiger partial charge in [0, 0.05) is 4.90 Å². The van der Waals surface area contributed by atoms with Crippen molar-refractivity contribution in [1.82, 2.24) is 0 Å². The molecule has 0 aliphatic rings. The van der Waals surface area contributed by atoms with Crippen molar-refractivity contribution < 1.29 is 55.5 Å². The maximum absolute atomic E-state index is 10.9. The van der Waals surface area contributed by atoms with Crippen LogP contribution in [0.5, 0.6) is 0 Å². The van der Waals surface area contributed by atoms with Gasteiger partial charge in [-0.05, 0) is 12.2 Å². The first kappa shape index (κ1) is 21.3. The average Bonchev–Trinajstić information content (AvgIpc) is 2.36. The monoisotopic (exact) mass is 369 g/mol. The number of nitrogens with one attached hydrogen (secondary N) is 1. The van der Waals surface area contributed by atoms with Crippen molar-refractivity contribution in [3.05, 3.63) is 36.4 Å². The van der Waals surface area contributed by atoms with Crippen LogP contribution >= 0.6 is 12.2 Å². The van der Waals surface area contributed by atoms with Gasteiger partial charge in [-0.25, -0.2) is 13.8 Å². The second-order valence-corrected chi connectivity index (χ2v) is 6.68. The molecular formula is C11H8NNaO6S3. The standard InChI is InChI=1S/C10H7O6S2.CHNS.Na/c11-17(12,13)9-3-1-7-2-4-10(18(14,15)16)6-8(7)5-9;2-1-3;/h1,3-6H,(H,11,12,13)(H,14,15,16);2H;/q-1;;+1. The normalized spacial score (nSPS) is 10.8. The second-order valence-electron chi connectivity index (χ2n) is 3.64. The third kappa shape index (κ3) is 5.84. The zero-order valence-corrected chi connectivity index (χ0v) is 15.6. The zero-order chi connectivity index (χ0) is 16.3. The molecule has 0 saturated carbocycles. The zero-order valence-electron chi connectivity index (χ0n) is 11.1. The minimum Gasteiger partial charge on any atom is -0.289 e. The molecule has 0 bridgehead atoms. The molecule has 11 heteroatoms. The molecule has 0 aromatic heterocycles. The van der Waals surface area contributed by atoms with Crippen molar-refractivity contribution in [2.75, 3.05) is 0 Å². The molecule has 22 heavy (non-hydrogen) atoms. The Labute approximate surface area is 154 Å². The molecular weight excluding hydrogens is 361 g/mol. The van der Waals surface area contributed by atoms with E-state index in [0.717, 1.165) is 18.2 Å². The van der Waals surface area contributed by atoms with Gasteiger partial charge < -0.3 is 0 Å². The van der Waals surface area contributed by atoms with Gasteiger partial charge in [-0.15, -0.1) is 35.0 Å². The van der Waals surface area contributed by atoms with Gasteiger partial charge in [0.1, 0.15) is 0 Å². The molecule has 2 aromatic carbocycles. The summed E-state index contributed by atoms with van der Waals surface area (Å²) in [6.07, 6.45) is 0. The second kappa shape index (κ2) is 8.25. The Hall–Kier alpha value is -0.680. The number of hydrogen-bond donors (Lipinski definition) is 3. The Morgan fingerprint density at radius 1 is 1.05 bits per heavy atom. The van der Waals surface area contributed by atoms with Gasteiger partial charge in [0.05, 0.1) is 10.1 Å². The first-order chi connectivity index (χ1) is 9.59. The van der Waals surface area contributed by atoms with Gasteiger partial charge in [-0.1, -0.05) is 12.1 Å². The third-order valence-electron chi connectivity index (χ3n) is 2.29. The molecule has 112 valence electrons. The van der Waals surface area contributed by atoms with Gasteiger partial charge in [0.25, 0.3) is 20.2 Å². The molecule has 0 aliphatic heterocycles. The number of hydrogen-bond acceptors (Lipinski definition) is 6. The van der Waals surface area contributed by atoms with Gasteiger partial charge in [0.2, 0.25) is 0 Å². The van der Waals surface area contributed by atoms with Crippen LogP contribution in [0.15, 0.2) is 40.1 Å². The fourth-order valence-electron chi connectivity index (χ4n) is 1.44. The van der Waals surface area contributed by atoms with Crippen LogP contribution in [-0.4, -0.2) is 31.1 Å². The van der Waals surface area contributed by atoms with Gasteiger partial charge in [0.15, 0.2) is 0 Å². The van der Waals surface area contributed by atoms with Crippen LogP contribution in [0.4, 0.5) is 0 Å². The van der Waals surface area contributed by atoms with Gasteiger partial charge >= 0.3 is 29.6 Å². The molecule has 0 fully saturated rings. The molecule has 0 spiro atoms. The van der Waals surface area contributed by atoms with E-state index < -0.39 is 25.1 Å². The minimum absolute atomic E-state index is 0. The predicted molar refractivity (Wildman–Crippen MR) is 77.7 cm³/mol. The van der Waals surface area contributed by atoms with Crippen LogP contribution in [0.25, 0.3) is 10.8 Å². The topological polar surface area (TPSA) is 133 Å². The summed E-state index contributed by atoms with van der Waals surface area (Å²) >= 11 is 3.81. The summed E-state index contributed by atoms with van der Waals surface area (Å²) in [5.74, 6) is 0. The van der Waals surface area contributed by atoms with Gasteiger partial charge in [-0.2, -0.15) is 8.42 Å². The SMILES string of the molecule is N=C=S.O=S(=O)(O)c1c[c-]c2ccc(S(=O)(=O)O)cc2c1.[Na+]. The van der Waals surface area contributed by atoms with Crippen LogP contribution in [0.2, 0.25) is 0 Å². The number of benzene rings is 2. The van der Waals surface area contributed by atoms with E-state index in [2.05, 4.69) is 18.3 Å². The molecule has 0 atom stereocenters. The van der Waals surface area contributed by atoms with Crippen LogP contribution in [-0.2, 0) is 20.2 Å². The van der Waals surface area contributed by atoms with E-state index in [4.69, 9.17) is 14.5 Å². The van der Waals surface area contributed by atoms with E-state index in [0.29, 0.717) is 5.39 Å². The maximum Gasteiger partial charge on any atom is 1.00 e. The first-order valence-corrected chi connectivity index (χ1v) is 8.33. The molecule has 0 amide bonds. The minimum atomic E-state index is -4.39. The fraction of sp³-hybridized carbons (Fsp3) is 0. The van der Waals surface area contributed by atoms with Gasteiger partial charge in [-0.3, -0.25) is 9.11 Å². The van der Waals surface area contributed by atoms with E-state index in [1.54, 1.807) is 5.16 Å². The quantitative estimate of drug-likeness (QED) is 0.199. The van der Waals surface area contributed by atoms with Crippen molar-refractivity contribution in [3.8, 4) is 0 Å². The van der Waals surface area contributed by atoms with E-state index in [1.165, 1.54) is 12.1 Å². The molecule has 0 radical (unpaired) electrons. The third-order valence-corrected chi connectivity index (χ3v) is 3.97. The molecule has 0 saturated heterocycles. The number of thiocarbonyl (C=S) groups is 1. The fourth-order valence-corrected chi connectivity index (χ4v) is 2.44. The van der Waals surface area contributed by atoms with Crippen molar-refractivity contribution in [2.45, 2.75) is 9.79 Å². The number of isothiocyanates is 1. The number of fused-ring (bicyclic) bond motifs is 1. The summed E-state index contributed by atoms with van der Waals surface area (Å²) in [5, 5.41) is 8.03. The average molecular weight is 369 g/mol. The molecule has 3 N–H and O–H groups in total. The van der Waals surface area contributed by atoms with E-state index in [9.17, 15) is 16.8 Å². The van der Waals surface area contributed by atoms with Crippen LogP contribution < -0.4 is 29.6 Å². The van der Waals surface area contributed by atoms with Crippen LogP contribution in [0.3, 0.4) is 0 Å². The molecule has 2 rings (SSSR count). The first-order valence-electron chi connectivity index (χ1n) is 5.04. The van der Waals surface area contributed by atoms with Crippen molar-refractivity contribution in [2.24, 2.45) is 0 Å². The molecule has 7 nitrogen and oxygen atoms in total. The Bertz CT molecular complexity index is 851. The van der Waals surface area contributed by atoms with Crippen molar-refractivity contribution >= 4 is 48.4 Å². The summed E-state index contributed by atoms with van der Waals surface area (Å²) in [6.45, 7) is 0. The summed E-state index contributed by atoms with van der Waals surface area (Å²) in [5.41, 5.74) is 0. The molecule has 0 heterocycles.